The number of carbonyl (C=O) groups excluding carboxylic acids is 1. The highest BCUT2D eigenvalue weighted by Gasteiger charge is 2.14. The number of ketones is 1. The van der Waals surface area contributed by atoms with E-state index in [-0.39, 0.29) is 5.78 Å². The summed E-state index contributed by atoms with van der Waals surface area (Å²) in [6.45, 7) is 3.74. The van der Waals surface area contributed by atoms with Gasteiger partial charge in [0.1, 0.15) is 0 Å². The zero-order valence-corrected chi connectivity index (χ0v) is 10.7. The molecule has 0 radical (unpaired) electrons. The molecule has 4 heteroatoms. The number of rotatable bonds is 3. The van der Waals surface area contributed by atoms with Crippen molar-refractivity contribution in [1.29, 1.82) is 0 Å². The summed E-state index contributed by atoms with van der Waals surface area (Å²) in [7, 11) is 1.84. The molecule has 0 saturated carbocycles. The number of pyridine rings is 1. The Hall–Kier alpha value is -2.23. The second-order valence-corrected chi connectivity index (χ2v) is 4.15. The Balaban J connectivity index is 2.25. The molecule has 0 amide bonds. The van der Waals surface area contributed by atoms with E-state index in [1.807, 2.05) is 33.0 Å². The van der Waals surface area contributed by atoms with E-state index in [2.05, 4.69) is 10.1 Å². The summed E-state index contributed by atoms with van der Waals surface area (Å²) in [6, 6.07) is 3.71. The largest absolute Gasteiger partial charge is 0.289 e. The number of hydrogen-bond acceptors (Lipinski definition) is 3. The molecule has 2 heterocycles. The second kappa shape index (κ2) is 4.96. The molecule has 4 nitrogen and oxygen atoms in total. The summed E-state index contributed by atoms with van der Waals surface area (Å²) in [5, 5.41) is 4.24. The molecule has 0 fully saturated rings. The molecule has 0 aliphatic rings. The van der Waals surface area contributed by atoms with Gasteiger partial charge in [-0.25, -0.2) is 0 Å². The Kier molecular flexibility index (Phi) is 3.37. The molecule has 0 aliphatic heterocycles. The van der Waals surface area contributed by atoms with E-state index in [0.717, 1.165) is 17.0 Å². The summed E-state index contributed by atoms with van der Waals surface area (Å²) >= 11 is 0. The van der Waals surface area contributed by atoms with Gasteiger partial charge in [-0.05, 0) is 37.6 Å². The fraction of sp³-hybridized carbons (Fsp3) is 0.214. The van der Waals surface area contributed by atoms with Gasteiger partial charge < -0.3 is 0 Å². The molecule has 0 bridgehead atoms. The molecule has 18 heavy (non-hydrogen) atoms. The number of aryl methyl sites for hydroxylation is 2. The van der Waals surface area contributed by atoms with E-state index in [1.54, 1.807) is 29.2 Å². The highest BCUT2D eigenvalue weighted by Crippen LogP contribution is 2.13. The molecular weight excluding hydrogens is 226 g/mol. The summed E-state index contributed by atoms with van der Waals surface area (Å²) in [5.74, 6) is -0.0186. The standard InChI is InChI=1S/C14H15N3O/c1-10-14(11(2)17(3)16-10)13(18)5-4-12-6-8-15-9-7-12/h4-9H,1-3H3/b5-4+. The van der Waals surface area contributed by atoms with Crippen molar-refractivity contribution < 1.29 is 4.79 Å². The SMILES string of the molecule is Cc1nn(C)c(C)c1C(=O)/C=C/c1ccncc1. The van der Waals surface area contributed by atoms with Crippen molar-refractivity contribution in [3.8, 4) is 0 Å². The van der Waals surface area contributed by atoms with E-state index in [0.29, 0.717) is 5.56 Å². The maximum Gasteiger partial charge on any atom is 0.189 e. The lowest BCUT2D eigenvalue weighted by molar-refractivity contribution is 0.104. The molecular formula is C14H15N3O. The number of allylic oxidation sites excluding steroid dienone is 1. The van der Waals surface area contributed by atoms with Gasteiger partial charge >= 0.3 is 0 Å². The van der Waals surface area contributed by atoms with Crippen LogP contribution in [-0.4, -0.2) is 20.5 Å². The predicted octanol–water partition coefficient (Wildman–Crippen LogP) is 2.33. The Morgan fingerprint density at radius 1 is 1.28 bits per heavy atom. The first-order valence-electron chi connectivity index (χ1n) is 5.72. The quantitative estimate of drug-likeness (QED) is 0.612. The monoisotopic (exact) mass is 241 g/mol. The highest BCUT2D eigenvalue weighted by molar-refractivity contribution is 6.08. The van der Waals surface area contributed by atoms with Gasteiger partial charge in [-0.3, -0.25) is 14.5 Å². The lowest BCUT2D eigenvalue weighted by atomic mass is 10.1. The molecule has 0 atom stereocenters. The van der Waals surface area contributed by atoms with Crippen LogP contribution in [0.5, 0.6) is 0 Å². The van der Waals surface area contributed by atoms with E-state index >= 15 is 0 Å². The molecule has 92 valence electrons. The van der Waals surface area contributed by atoms with Crippen molar-refractivity contribution in [2.24, 2.45) is 7.05 Å². The lowest BCUT2D eigenvalue weighted by Crippen LogP contribution is -1.99. The molecule has 2 aromatic rings. The van der Waals surface area contributed by atoms with E-state index in [9.17, 15) is 4.79 Å². The normalized spacial score (nSPS) is 11.1. The zero-order valence-electron chi connectivity index (χ0n) is 10.7. The fourth-order valence-electron chi connectivity index (χ4n) is 1.86. The topological polar surface area (TPSA) is 47.8 Å². The van der Waals surface area contributed by atoms with Crippen LogP contribution in [-0.2, 0) is 7.05 Å². The van der Waals surface area contributed by atoms with Crippen LogP contribution < -0.4 is 0 Å². The molecule has 2 rings (SSSR count). The van der Waals surface area contributed by atoms with Crippen molar-refractivity contribution in [3.05, 3.63) is 53.1 Å². The fourth-order valence-corrected chi connectivity index (χ4v) is 1.86. The third-order valence-corrected chi connectivity index (χ3v) is 2.89. The van der Waals surface area contributed by atoms with Crippen LogP contribution in [0.15, 0.2) is 30.6 Å². The minimum atomic E-state index is -0.0186. The van der Waals surface area contributed by atoms with E-state index in [1.165, 1.54) is 0 Å². The van der Waals surface area contributed by atoms with Gasteiger partial charge in [0, 0.05) is 25.1 Å². The first kappa shape index (κ1) is 12.2. The molecule has 0 N–H and O–H groups in total. The van der Waals surface area contributed by atoms with Crippen molar-refractivity contribution in [3.63, 3.8) is 0 Å². The van der Waals surface area contributed by atoms with E-state index in [4.69, 9.17) is 0 Å². The molecule has 0 spiro atoms. The van der Waals surface area contributed by atoms with Crippen LogP contribution in [0.3, 0.4) is 0 Å². The Morgan fingerprint density at radius 2 is 1.94 bits per heavy atom. The van der Waals surface area contributed by atoms with Crippen LogP contribution in [0.25, 0.3) is 6.08 Å². The molecule has 0 aliphatic carbocycles. The van der Waals surface area contributed by atoms with Crippen LogP contribution in [0.4, 0.5) is 0 Å². The lowest BCUT2D eigenvalue weighted by Gasteiger charge is -1.96. The van der Waals surface area contributed by atoms with Crippen molar-refractivity contribution in [2.45, 2.75) is 13.8 Å². The average Bonchev–Trinajstić information content (AvgIpc) is 2.62. The first-order valence-corrected chi connectivity index (χ1v) is 5.72. The highest BCUT2D eigenvalue weighted by atomic mass is 16.1. The second-order valence-electron chi connectivity index (χ2n) is 4.15. The van der Waals surface area contributed by atoms with Gasteiger partial charge in [-0.15, -0.1) is 0 Å². The molecule has 0 aromatic carbocycles. The van der Waals surface area contributed by atoms with Gasteiger partial charge in [0.2, 0.25) is 0 Å². The maximum absolute atomic E-state index is 12.1. The van der Waals surface area contributed by atoms with Gasteiger partial charge in [0.25, 0.3) is 0 Å². The minimum absolute atomic E-state index is 0.0186. The molecule has 2 aromatic heterocycles. The maximum atomic E-state index is 12.1. The predicted molar refractivity (Wildman–Crippen MR) is 70.3 cm³/mol. The summed E-state index contributed by atoms with van der Waals surface area (Å²) in [4.78, 5) is 16.0. The van der Waals surface area contributed by atoms with Crippen molar-refractivity contribution in [2.75, 3.05) is 0 Å². The minimum Gasteiger partial charge on any atom is -0.289 e. The van der Waals surface area contributed by atoms with Crippen molar-refractivity contribution >= 4 is 11.9 Å². The van der Waals surface area contributed by atoms with Crippen LogP contribution in [0.2, 0.25) is 0 Å². The van der Waals surface area contributed by atoms with Gasteiger partial charge in [-0.2, -0.15) is 5.10 Å². The van der Waals surface area contributed by atoms with Crippen molar-refractivity contribution in [1.82, 2.24) is 14.8 Å². The summed E-state index contributed by atoms with van der Waals surface area (Å²) < 4.78 is 1.73. The van der Waals surface area contributed by atoms with Crippen LogP contribution in [0.1, 0.15) is 27.3 Å². The van der Waals surface area contributed by atoms with Gasteiger partial charge in [0.05, 0.1) is 11.3 Å². The third kappa shape index (κ3) is 2.37. The summed E-state index contributed by atoms with van der Waals surface area (Å²) in [5.41, 5.74) is 3.29. The summed E-state index contributed by atoms with van der Waals surface area (Å²) in [6.07, 6.45) is 6.76. The Bertz CT molecular complexity index is 597. The molecule has 0 saturated heterocycles. The Morgan fingerprint density at radius 3 is 2.50 bits per heavy atom. The number of nitrogens with zero attached hydrogens (tertiary/aromatic N) is 3. The zero-order chi connectivity index (χ0) is 13.1. The van der Waals surface area contributed by atoms with Gasteiger partial charge in [-0.1, -0.05) is 6.08 Å². The van der Waals surface area contributed by atoms with Gasteiger partial charge in [0.15, 0.2) is 5.78 Å². The number of aromatic nitrogens is 3. The van der Waals surface area contributed by atoms with E-state index < -0.39 is 0 Å². The Labute approximate surface area is 106 Å². The smallest absolute Gasteiger partial charge is 0.189 e. The average molecular weight is 241 g/mol. The number of carbonyl (C=O) groups is 1. The van der Waals surface area contributed by atoms with Crippen LogP contribution in [0, 0.1) is 13.8 Å². The third-order valence-electron chi connectivity index (χ3n) is 2.89. The van der Waals surface area contributed by atoms with Crippen LogP contribution >= 0.6 is 0 Å². The molecule has 0 unspecified atom stereocenters. The number of hydrogen-bond donors (Lipinski definition) is 0. The first-order chi connectivity index (χ1) is 8.59.